The van der Waals surface area contributed by atoms with Crippen LogP contribution in [0.5, 0.6) is 0 Å². The van der Waals surface area contributed by atoms with Crippen molar-refractivity contribution in [3.05, 3.63) is 48.6 Å². The number of allylic oxidation sites excluding steroid dienone is 7. The highest BCUT2D eigenvalue weighted by atomic mass is 31.2. The Kier molecular flexibility index (Phi) is 53.1. The van der Waals surface area contributed by atoms with Gasteiger partial charge in [0.25, 0.3) is 7.82 Å². The number of carbonyl (C=O) groups is 1. The largest absolute Gasteiger partial charge is 0.756 e. The van der Waals surface area contributed by atoms with E-state index >= 15 is 0 Å². The van der Waals surface area contributed by atoms with Crippen molar-refractivity contribution < 1.29 is 32.9 Å². The van der Waals surface area contributed by atoms with Crippen molar-refractivity contribution in [1.82, 2.24) is 5.32 Å². The highest BCUT2D eigenvalue weighted by Crippen LogP contribution is 2.38. The molecule has 0 saturated heterocycles. The number of carbonyl (C=O) groups excluding carboxylic acids is 1. The molecule has 0 aromatic carbocycles. The average Bonchev–Trinajstić information content (AvgIpc) is 3.34. The molecule has 0 aliphatic carbocycles. The summed E-state index contributed by atoms with van der Waals surface area (Å²) in [6, 6.07) is -0.911. The van der Waals surface area contributed by atoms with E-state index in [0.717, 1.165) is 44.9 Å². The second-order valence-electron chi connectivity index (χ2n) is 22.4. The van der Waals surface area contributed by atoms with Gasteiger partial charge in [-0.3, -0.25) is 9.36 Å². The highest BCUT2D eigenvalue weighted by Gasteiger charge is 2.23. The zero-order valence-electron chi connectivity index (χ0n) is 48.4. The van der Waals surface area contributed by atoms with Gasteiger partial charge in [-0.05, 0) is 70.6 Å². The van der Waals surface area contributed by atoms with Crippen LogP contribution in [0, 0.1) is 0 Å². The summed E-state index contributed by atoms with van der Waals surface area (Å²) in [5.74, 6) is -0.209. The van der Waals surface area contributed by atoms with Crippen LogP contribution >= 0.6 is 7.82 Å². The molecule has 2 N–H and O–H groups in total. The van der Waals surface area contributed by atoms with Crippen LogP contribution in [0.4, 0.5) is 0 Å². The van der Waals surface area contributed by atoms with E-state index in [-0.39, 0.29) is 12.5 Å². The summed E-state index contributed by atoms with van der Waals surface area (Å²) in [6.45, 7) is 4.66. The maximum absolute atomic E-state index is 13.0. The third-order valence-electron chi connectivity index (χ3n) is 14.0. The molecule has 0 aliphatic rings. The minimum atomic E-state index is -4.61. The Bertz CT molecular complexity index is 1310. The fraction of sp³-hybridized carbons (Fsp3) is 0.857. The molecule has 1 amide bonds. The van der Waals surface area contributed by atoms with Crippen LogP contribution in [0.15, 0.2) is 48.6 Å². The molecule has 0 fully saturated rings. The smallest absolute Gasteiger partial charge is 0.268 e. The summed E-state index contributed by atoms with van der Waals surface area (Å²) in [5.41, 5.74) is 0. The molecule has 3 unspecified atom stereocenters. The lowest BCUT2D eigenvalue weighted by atomic mass is 10.0. The zero-order chi connectivity index (χ0) is 52.7. The molecule has 3 atom stereocenters. The number of likely N-dealkylation sites (N-methyl/N-ethyl adjacent to an activating group) is 1. The van der Waals surface area contributed by atoms with Crippen molar-refractivity contribution in [3.63, 3.8) is 0 Å². The van der Waals surface area contributed by atoms with Gasteiger partial charge in [-0.25, -0.2) is 0 Å². The molecule has 0 heterocycles. The van der Waals surface area contributed by atoms with Crippen LogP contribution in [0.2, 0.25) is 0 Å². The number of aliphatic hydroxyl groups excluding tert-OH is 1. The fourth-order valence-corrected chi connectivity index (χ4v) is 9.85. The van der Waals surface area contributed by atoms with Gasteiger partial charge < -0.3 is 28.8 Å². The third kappa shape index (κ3) is 56.2. The first-order valence-corrected chi connectivity index (χ1v) is 32.5. The third-order valence-corrected chi connectivity index (χ3v) is 15.0. The molecule has 0 radical (unpaired) electrons. The molecular formula is C63H121N2O6P. The number of quaternary nitrogens is 1. The van der Waals surface area contributed by atoms with E-state index in [1.54, 1.807) is 6.08 Å². The number of unbranched alkanes of at least 4 members (excludes halogenated alkanes) is 38. The van der Waals surface area contributed by atoms with E-state index in [9.17, 15) is 19.4 Å². The van der Waals surface area contributed by atoms with Gasteiger partial charge in [0.15, 0.2) is 0 Å². The standard InChI is InChI=1S/C63H121N2O6P/c1-6-8-10-12-14-16-18-20-22-24-26-28-30-31-32-33-34-35-37-39-41-43-45-47-49-51-53-55-57-63(67)64-61(60-71-72(68,69)70-59-58-65(3,4)5)62(66)56-54-52-50-48-46-44-42-40-38-36-29-27-25-23-21-19-17-15-13-11-9-7-2/h31-32,38,40,46,48,54,56,61-62,66H,6-30,33-37,39,41-45,47,49-53,55,57-60H2,1-5H3,(H-,64,67,68,69)/b32-31-,40-38+,48-46+,56-54+. The lowest BCUT2D eigenvalue weighted by Gasteiger charge is -2.29. The maximum atomic E-state index is 13.0. The van der Waals surface area contributed by atoms with E-state index in [2.05, 4.69) is 55.6 Å². The van der Waals surface area contributed by atoms with Crippen molar-refractivity contribution >= 4 is 13.7 Å². The van der Waals surface area contributed by atoms with Gasteiger partial charge in [0.05, 0.1) is 39.9 Å². The first kappa shape index (κ1) is 70.5. The summed E-state index contributed by atoms with van der Waals surface area (Å²) in [5, 5.41) is 13.9. The Morgan fingerprint density at radius 1 is 0.472 bits per heavy atom. The molecule has 9 heteroatoms. The molecule has 0 aromatic heterocycles. The Morgan fingerprint density at radius 2 is 0.778 bits per heavy atom. The van der Waals surface area contributed by atoms with Crippen molar-refractivity contribution in [3.8, 4) is 0 Å². The van der Waals surface area contributed by atoms with Gasteiger partial charge in [-0.2, -0.15) is 0 Å². The minimum absolute atomic E-state index is 0.00906. The Labute approximate surface area is 448 Å². The Balaban J connectivity index is 4.20. The van der Waals surface area contributed by atoms with Crippen LogP contribution in [0.25, 0.3) is 0 Å². The minimum Gasteiger partial charge on any atom is -0.756 e. The average molecular weight is 1030 g/mol. The molecule has 8 nitrogen and oxygen atoms in total. The second kappa shape index (κ2) is 54.3. The van der Waals surface area contributed by atoms with Crippen LogP contribution in [0.1, 0.15) is 296 Å². The number of phosphoric acid groups is 1. The summed E-state index contributed by atoms with van der Waals surface area (Å²) < 4.78 is 23.4. The maximum Gasteiger partial charge on any atom is 0.268 e. The van der Waals surface area contributed by atoms with Gasteiger partial charge in [-0.15, -0.1) is 0 Å². The normalized spacial score (nSPS) is 14.2. The predicted octanol–water partition coefficient (Wildman–Crippen LogP) is 18.5. The summed E-state index contributed by atoms with van der Waals surface area (Å²) in [7, 11) is 1.24. The fourth-order valence-electron chi connectivity index (χ4n) is 9.12. The summed E-state index contributed by atoms with van der Waals surface area (Å²) >= 11 is 0. The molecule has 0 aromatic rings. The number of phosphoric ester groups is 1. The molecule has 0 spiro atoms. The predicted molar refractivity (Wildman–Crippen MR) is 311 cm³/mol. The van der Waals surface area contributed by atoms with E-state index in [1.165, 1.54) is 231 Å². The summed E-state index contributed by atoms with van der Waals surface area (Å²) in [4.78, 5) is 25.5. The van der Waals surface area contributed by atoms with Crippen molar-refractivity contribution in [1.29, 1.82) is 0 Å². The van der Waals surface area contributed by atoms with E-state index in [4.69, 9.17) is 9.05 Å². The Morgan fingerprint density at radius 3 is 1.12 bits per heavy atom. The summed E-state index contributed by atoms with van der Waals surface area (Å²) in [6.07, 6.45) is 72.1. The monoisotopic (exact) mass is 1030 g/mol. The van der Waals surface area contributed by atoms with Crippen LogP contribution in [-0.4, -0.2) is 68.5 Å². The number of nitrogens with zero attached hydrogens (tertiary/aromatic N) is 1. The molecule has 424 valence electrons. The first-order chi connectivity index (χ1) is 35.0. The number of hydrogen-bond donors (Lipinski definition) is 2. The quantitative estimate of drug-likeness (QED) is 0.0272. The number of hydrogen-bond acceptors (Lipinski definition) is 6. The lowest BCUT2D eigenvalue weighted by Crippen LogP contribution is -2.45. The second-order valence-corrected chi connectivity index (χ2v) is 23.8. The van der Waals surface area contributed by atoms with E-state index in [0.29, 0.717) is 17.4 Å². The SMILES string of the molecule is CCCCCCCCCCCCCC/C=C\CCCCCCCCCCCCCCC(=O)NC(COP(=O)([O-])OCC[N+](C)(C)C)C(O)/C=C/CC/C=C/CC/C=C/CCCCCCCCCCCCCC. The van der Waals surface area contributed by atoms with Gasteiger partial charge in [-0.1, -0.05) is 268 Å². The molecule has 0 rings (SSSR count). The lowest BCUT2D eigenvalue weighted by molar-refractivity contribution is -0.870. The molecule has 0 saturated carbocycles. The molecule has 0 bridgehead atoms. The zero-order valence-corrected chi connectivity index (χ0v) is 49.3. The van der Waals surface area contributed by atoms with Crippen LogP contribution in [-0.2, 0) is 18.4 Å². The van der Waals surface area contributed by atoms with Crippen molar-refractivity contribution in [2.45, 2.75) is 309 Å². The van der Waals surface area contributed by atoms with Crippen LogP contribution in [0.3, 0.4) is 0 Å². The van der Waals surface area contributed by atoms with E-state index in [1.807, 2.05) is 27.2 Å². The molecular weight excluding hydrogens is 912 g/mol. The topological polar surface area (TPSA) is 108 Å². The molecule has 72 heavy (non-hydrogen) atoms. The number of aliphatic hydroxyl groups is 1. The van der Waals surface area contributed by atoms with Crippen LogP contribution < -0.4 is 10.2 Å². The van der Waals surface area contributed by atoms with E-state index < -0.39 is 26.6 Å². The number of amides is 1. The van der Waals surface area contributed by atoms with Crippen molar-refractivity contribution in [2.24, 2.45) is 0 Å². The molecule has 0 aliphatic heterocycles. The van der Waals surface area contributed by atoms with Gasteiger partial charge in [0, 0.05) is 6.42 Å². The number of rotatable bonds is 57. The van der Waals surface area contributed by atoms with Crippen molar-refractivity contribution in [2.75, 3.05) is 40.9 Å². The highest BCUT2D eigenvalue weighted by molar-refractivity contribution is 7.45. The first-order valence-electron chi connectivity index (χ1n) is 31.0. The number of nitrogens with one attached hydrogen (secondary N) is 1. The van der Waals surface area contributed by atoms with Gasteiger partial charge >= 0.3 is 0 Å². The van der Waals surface area contributed by atoms with Gasteiger partial charge in [0.2, 0.25) is 5.91 Å². The van der Waals surface area contributed by atoms with Gasteiger partial charge in [0.1, 0.15) is 13.2 Å². The Hall–Kier alpha value is -1.54.